The van der Waals surface area contributed by atoms with Crippen LogP contribution in [0, 0.1) is 6.92 Å². The predicted octanol–water partition coefficient (Wildman–Crippen LogP) is 1.74. The first-order valence-electron chi connectivity index (χ1n) is 8.49. The highest BCUT2D eigenvalue weighted by molar-refractivity contribution is 7.99. The third kappa shape index (κ3) is 3.74. The first kappa shape index (κ1) is 16.3. The molecule has 7 nitrogen and oxygen atoms in total. The molecule has 25 heavy (non-hydrogen) atoms. The van der Waals surface area contributed by atoms with Crippen LogP contribution in [0.25, 0.3) is 5.65 Å². The van der Waals surface area contributed by atoms with Crippen LogP contribution in [0.5, 0.6) is 0 Å². The van der Waals surface area contributed by atoms with Gasteiger partial charge in [0.15, 0.2) is 10.8 Å². The Morgan fingerprint density at radius 1 is 1.08 bits per heavy atom. The molecule has 1 fully saturated rings. The molecule has 0 atom stereocenters. The van der Waals surface area contributed by atoms with Crippen molar-refractivity contribution < 1.29 is 0 Å². The molecule has 8 heteroatoms. The van der Waals surface area contributed by atoms with Crippen molar-refractivity contribution in [3.63, 3.8) is 0 Å². The molecule has 130 valence electrons. The molecular weight excluding hydrogens is 334 g/mol. The lowest BCUT2D eigenvalue weighted by Gasteiger charge is -2.34. The summed E-state index contributed by atoms with van der Waals surface area (Å²) < 4.78 is 2.04. The van der Waals surface area contributed by atoms with Gasteiger partial charge in [0.25, 0.3) is 0 Å². The topological polar surface area (TPSA) is 62.5 Å². The minimum Gasteiger partial charge on any atom is -0.338 e. The van der Waals surface area contributed by atoms with Crippen LogP contribution in [0.15, 0.2) is 41.8 Å². The normalized spacial score (nSPS) is 15.8. The van der Waals surface area contributed by atoms with E-state index in [0.29, 0.717) is 0 Å². The first-order chi connectivity index (χ1) is 12.3. The molecule has 0 radical (unpaired) electrons. The molecule has 0 unspecified atom stereocenters. The average Bonchev–Trinajstić information content (AvgIpc) is 3.06. The van der Waals surface area contributed by atoms with Crippen LogP contribution >= 0.6 is 11.8 Å². The quantitative estimate of drug-likeness (QED) is 0.646. The Morgan fingerprint density at radius 2 is 1.96 bits per heavy atom. The maximum Gasteiger partial charge on any atom is 0.225 e. The minimum absolute atomic E-state index is 0.851. The van der Waals surface area contributed by atoms with E-state index in [1.807, 2.05) is 48.0 Å². The Labute approximate surface area is 151 Å². The summed E-state index contributed by atoms with van der Waals surface area (Å²) in [6.45, 7) is 7.09. The fraction of sp³-hybridized carbons (Fsp3) is 0.412. The molecular formula is C17H21N7S. The summed E-state index contributed by atoms with van der Waals surface area (Å²) in [4.78, 5) is 13.7. The standard InChI is InChI=1S/C17H21N7S/c1-14-5-6-18-16(19-14)23-10-8-22(9-11-23)12-13-25-17-21-20-15-4-2-3-7-24(15)17/h2-7H,8-13H2,1H3. The van der Waals surface area contributed by atoms with Crippen LogP contribution in [-0.4, -0.2) is 67.9 Å². The largest absolute Gasteiger partial charge is 0.338 e. The van der Waals surface area contributed by atoms with Gasteiger partial charge in [0.1, 0.15) is 0 Å². The molecule has 0 N–H and O–H groups in total. The van der Waals surface area contributed by atoms with Gasteiger partial charge in [0.2, 0.25) is 5.95 Å². The summed E-state index contributed by atoms with van der Waals surface area (Å²) in [6.07, 6.45) is 3.85. The molecule has 0 amide bonds. The van der Waals surface area contributed by atoms with E-state index in [4.69, 9.17) is 0 Å². The smallest absolute Gasteiger partial charge is 0.225 e. The summed E-state index contributed by atoms with van der Waals surface area (Å²) in [5.74, 6) is 1.86. The van der Waals surface area contributed by atoms with E-state index in [-0.39, 0.29) is 0 Å². The number of pyridine rings is 1. The van der Waals surface area contributed by atoms with Crippen LogP contribution in [0.3, 0.4) is 0 Å². The molecule has 4 heterocycles. The first-order valence-corrected chi connectivity index (χ1v) is 9.48. The van der Waals surface area contributed by atoms with Gasteiger partial charge in [-0.05, 0) is 25.1 Å². The zero-order chi connectivity index (χ0) is 17.1. The van der Waals surface area contributed by atoms with E-state index >= 15 is 0 Å². The molecule has 0 bridgehead atoms. The van der Waals surface area contributed by atoms with Crippen molar-refractivity contribution in [1.29, 1.82) is 0 Å². The number of hydrogen-bond acceptors (Lipinski definition) is 7. The summed E-state index contributed by atoms with van der Waals surface area (Å²) in [6, 6.07) is 7.90. The highest BCUT2D eigenvalue weighted by Gasteiger charge is 2.19. The second-order valence-electron chi connectivity index (χ2n) is 6.09. The summed E-state index contributed by atoms with van der Waals surface area (Å²) in [5.41, 5.74) is 1.92. The summed E-state index contributed by atoms with van der Waals surface area (Å²) in [5, 5.41) is 9.42. The number of thioether (sulfide) groups is 1. The zero-order valence-electron chi connectivity index (χ0n) is 14.2. The lowest BCUT2D eigenvalue weighted by molar-refractivity contribution is 0.272. The van der Waals surface area contributed by atoms with Crippen molar-refractivity contribution in [3.8, 4) is 0 Å². The Hall–Kier alpha value is -2.19. The molecule has 0 aliphatic carbocycles. The van der Waals surface area contributed by atoms with Crippen LogP contribution in [0.4, 0.5) is 5.95 Å². The predicted molar refractivity (Wildman–Crippen MR) is 99.1 cm³/mol. The van der Waals surface area contributed by atoms with Crippen molar-refractivity contribution >= 4 is 23.4 Å². The highest BCUT2D eigenvalue weighted by Crippen LogP contribution is 2.17. The molecule has 1 aliphatic heterocycles. The van der Waals surface area contributed by atoms with E-state index in [9.17, 15) is 0 Å². The van der Waals surface area contributed by atoms with Crippen LogP contribution < -0.4 is 4.90 Å². The molecule has 0 aromatic carbocycles. The number of piperazine rings is 1. The van der Waals surface area contributed by atoms with Crippen molar-refractivity contribution in [2.45, 2.75) is 12.1 Å². The summed E-state index contributed by atoms with van der Waals surface area (Å²) >= 11 is 1.76. The highest BCUT2D eigenvalue weighted by atomic mass is 32.2. The fourth-order valence-corrected chi connectivity index (χ4v) is 3.87. The molecule has 3 aromatic rings. The van der Waals surface area contributed by atoms with E-state index in [1.54, 1.807) is 11.8 Å². The SMILES string of the molecule is Cc1ccnc(N2CCN(CCSc3nnc4ccccn34)CC2)n1. The molecule has 4 rings (SSSR count). The fourth-order valence-electron chi connectivity index (χ4n) is 2.94. The third-order valence-corrected chi connectivity index (χ3v) is 5.28. The lowest BCUT2D eigenvalue weighted by atomic mass is 10.3. The number of aryl methyl sites for hydroxylation is 1. The van der Waals surface area contributed by atoms with Gasteiger partial charge >= 0.3 is 0 Å². The Kier molecular flexibility index (Phi) is 4.80. The number of nitrogens with zero attached hydrogens (tertiary/aromatic N) is 7. The van der Waals surface area contributed by atoms with Crippen molar-refractivity contribution in [1.82, 2.24) is 29.5 Å². The molecule has 3 aromatic heterocycles. The Morgan fingerprint density at radius 3 is 2.80 bits per heavy atom. The zero-order valence-corrected chi connectivity index (χ0v) is 15.1. The van der Waals surface area contributed by atoms with E-state index in [2.05, 4.69) is 30.0 Å². The van der Waals surface area contributed by atoms with E-state index in [0.717, 1.165) is 60.9 Å². The van der Waals surface area contributed by atoms with Crippen LogP contribution in [0.1, 0.15) is 5.69 Å². The second-order valence-corrected chi connectivity index (χ2v) is 7.15. The van der Waals surface area contributed by atoms with E-state index < -0.39 is 0 Å². The molecule has 1 aliphatic rings. The number of aromatic nitrogens is 5. The van der Waals surface area contributed by atoms with Gasteiger partial charge in [0, 0.05) is 56.6 Å². The van der Waals surface area contributed by atoms with Crippen molar-refractivity contribution in [3.05, 3.63) is 42.4 Å². The van der Waals surface area contributed by atoms with E-state index in [1.165, 1.54) is 0 Å². The minimum atomic E-state index is 0.851. The lowest BCUT2D eigenvalue weighted by Crippen LogP contribution is -2.47. The Balaban J connectivity index is 1.26. The molecule has 0 saturated carbocycles. The van der Waals surface area contributed by atoms with Gasteiger partial charge in [0.05, 0.1) is 0 Å². The van der Waals surface area contributed by atoms with Gasteiger partial charge in [-0.3, -0.25) is 9.30 Å². The monoisotopic (exact) mass is 355 g/mol. The maximum atomic E-state index is 4.52. The van der Waals surface area contributed by atoms with Gasteiger partial charge in [-0.1, -0.05) is 17.8 Å². The van der Waals surface area contributed by atoms with Crippen LogP contribution in [-0.2, 0) is 0 Å². The molecule has 1 saturated heterocycles. The van der Waals surface area contributed by atoms with Gasteiger partial charge in [-0.2, -0.15) is 0 Å². The van der Waals surface area contributed by atoms with Gasteiger partial charge < -0.3 is 4.90 Å². The number of anilines is 1. The number of hydrogen-bond donors (Lipinski definition) is 0. The third-order valence-electron chi connectivity index (χ3n) is 4.36. The average molecular weight is 355 g/mol. The maximum absolute atomic E-state index is 4.52. The number of rotatable bonds is 5. The van der Waals surface area contributed by atoms with Crippen molar-refractivity contribution in [2.24, 2.45) is 0 Å². The summed E-state index contributed by atoms with van der Waals surface area (Å²) in [7, 11) is 0. The van der Waals surface area contributed by atoms with Gasteiger partial charge in [-0.25, -0.2) is 9.97 Å². The number of fused-ring (bicyclic) bond motifs is 1. The second kappa shape index (κ2) is 7.37. The van der Waals surface area contributed by atoms with Crippen LogP contribution in [0.2, 0.25) is 0 Å². The van der Waals surface area contributed by atoms with Gasteiger partial charge in [-0.15, -0.1) is 10.2 Å². The Bertz CT molecular complexity index is 842. The van der Waals surface area contributed by atoms with Crippen molar-refractivity contribution in [2.75, 3.05) is 43.4 Å². The molecule has 0 spiro atoms.